The van der Waals surface area contributed by atoms with E-state index in [0.29, 0.717) is 12.6 Å². The molecule has 2 heterocycles. The summed E-state index contributed by atoms with van der Waals surface area (Å²) in [5, 5.41) is 15.0. The summed E-state index contributed by atoms with van der Waals surface area (Å²) in [6.07, 6.45) is 4.26. The molecule has 8 nitrogen and oxygen atoms in total. The molecule has 1 atom stereocenters. The van der Waals surface area contributed by atoms with Crippen LogP contribution in [0, 0.1) is 0 Å². The second-order valence-corrected chi connectivity index (χ2v) is 7.14. The van der Waals surface area contributed by atoms with Crippen LogP contribution < -0.4 is 15.4 Å². The van der Waals surface area contributed by atoms with E-state index in [1.54, 1.807) is 13.4 Å². The zero-order chi connectivity index (χ0) is 20.5. The van der Waals surface area contributed by atoms with Crippen molar-refractivity contribution in [2.24, 2.45) is 4.99 Å². The van der Waals surface area contributed by atoms with E-state index in [1.807, 2.05) is 16.7 Å². The lowest BCUT2D eigenvalue weighted by atomic mass is 10.1. The monoisotopic (exact) mass is 527 g/mol. The number of hydrogen-bond acceptors (Lipinski definition) is 5. The Bertz CT molecular complexity index is 772. The molecule has 1 aliphatic rings. The van der Waals surface area contributed by atoms with E-state index < -0.39 is 0 Å². The summed E-state index contributed by atoms with van der Waals surface area (Å²) in [7, 11) is 1.70. The van der Waals surface area contributed by atoms with Gasteiger partial charge in [0.05, 0.1) is 13.2 Å². The first-order valence-corrected chi connectivity index (χ1v) is 10.5. The predicted octanol–water partition coefficient (Wildman–Crippen LogP) is 2.82. The number of methoxy groups -OCH3 is 1. The topological polar surface area (TPSA) is 79.6 Å². The van der Waals surface area contributed by atoms with E-state index in [0.717, 1.165) is 50.3 Å². The van der Waals surface area contributed by atoms with Crippen molar-refractivity contribution in [3.63, 3.8) is 0 Å². The summed E-state index contributed by atoms with van der Waals surface area (Å²) in [5.41, 5.74) is 1.29. The first-order valence-electron chi connectivity index (χ1n) is 10.5. The highest BCUT2D eigenvalue weighted by Gasteiger charge is 2.23. The van der Waals surface area contributed by atoms with Crippen molar-refractivity contribution in [3.05, 3.63) is 42.0 Å². The summed E-state index contributed by atoms with van der Waals surface area (Å²) in [5.74, 6) is 2.56. The van der Waals surface area contributed by atoms with Crippen molar-refractivity contribution in [2.45, 2.75) is 45.8 Å². The molecule has 1 aromatic heterocycles. The van der Waals surface area contributed by atoms with Gasteiger partial charge < -0.3 is 19.9 Å². The molecule has 1 aromatic carbocycles. The highest BCUT2D eigenvalue weighted by atomic mass is 127. The van der Waals surface area contributed by atoms with E-state index >= 15 is 0 Å². The largest absolute Gasteiger partial charge is 0.497 e. The molecule has 1 fully saturated rings. The predicted molar refractivity (Wildman–Crippen MR) is 130 cm³/mol. The van der Waals surface area contributed by atoms with Crippen LogP contribution in [0.25, 0.3) is 0 Å². The van der Waals surface area contributed by atoms with Crippen LogP contribution in [0.4, 0.5) is 0 Å². The molecular weight excluding hydrogens is 493 g/mol. The molecule has 3 rings (SSSR count). The third-order valence-electron chi connectivity index (χ3n) is 5.30. The molecule has 0 bridgehead atoms. The standard InChI is InChI=1S/C21H33N7O.HI/c1-4-22-21(24-15-20-26-25-16-27(20)5-2)23-14-19(28-12-6-7-13-28)17-8-10-18(29-3)11-9-17;/h8-11,16,19H,4-7,12-15H2,1-3H3,(H2,22,23,24);1H. The Morgan fingerprint density at radius 3 is 2.53 bits per heavy atom. The van der Waals surface area contributed by atoms with Crippen LogP contribution in [0.3, 0.4) is 0 Å². The van der Waals surface area contributed by atoms with Crippen molar-refractivity contribution in [3.8, 4) is 5.75 Å². The summed E-state index contributed by atoms with van der Waals surface area (Å²) < 4.78 is 7.33. The highest BCUT2D eigenvalue weighted by Crippen LogP contribution is 2.26. The Morgan fingerprint density at radius 2 is 1.90 bits per heavy atom. The molecule has 166 valence electrons. The Labute approximate surface area is 196 Å². The molecule has 0 saturated carbocycles. The molecule has 9 heteroatoms. The van der Waals surface area contributed by atoms with E-state index in [4.69, 9.17) is 9.73 Å². The number of halogens is 1. The van der Waals surface area contributed by atoms with Gasteiger partial charge in [0.2, 0.25) is 0 Å². The maximum Gasteiger partial charge on any atom is 0.191 e. The molecule has 0 aliphatic carbocycles. The van der Waals surface area contributed by atoms with Crippen LogP contribution in [0.5, 0.6) is 5.75 Å². The number of hydrogen-bond donors (Lipinski definition) is 2. The van der Waals surface area contributed by atoms with Crippen molar-refractivity contribution >= 4 is 29.9 Å². The first-order chi connectivity index (χ1) is 14.2. The van der Waals surface area contributed by atoms with Crippen molar-refractivity contribution in [2.75, 3.05) is 33.3 Å². The van der Waals surface area contributed by atoms with Crippen LogP contribution >= 0.6 is 24.0 Å². The van der Waals surface area contributed by atoms with Gasteiger partial charge in [0, 0.05) is 19.6 Å². The van der Waals surface area contributed by atoms with Gasteiger partial charge in [-0.1, -0.05) is 12.1 Å². The summed E-state index contributed by atoms with van der Waals surface area (Å²) in [6, 6.07) is 8.70. The second-order valence-electron chi connectivity index (χ2n) is 7.14. The average molecular weight is 527 g/mol. The number of rotatable bonds is 9. The van der Waals surface area contributed by atoms with Gasteiger partial charge in [-0.15, -0.1) is 34.2 Å². The van der Waals surface area contributed by atoms with Gasteiger partial charge in [-0.05, 0) is 57.5 Å². The van der Waals surface area contributed by atoms with Crippen LogP contribution in [-0.2, 0) is 13.1 Å². The number of aliphatic imine (C=N–C) groups is 1. The molecule has 2 N–H and O–H groups in total. The maximum atomic E-state index is 5.32. The molecule has 0 radical (unpaired) electrons. The third-order valence-corrected chi connectivity index (χ3v) is 5.30. The second kappa shape index (κ2) is 12.7. The third kappa shape index (κ3) is 6.56. The quantitative estimate of drug-likeness (QED) is 0.297. The van der Waals surface area contributed by atoms with E-state index in [-0.39, 0.29) is 24.0 Å². The smallest absolute Gasteiger partial charge is 0.191 e. The number of benzene rings is 1. The number of nitrogens with one attached hydrogen (secondary N) is 2. The zero-order valence-electron chi connectivity index (χ0n) is 18.2. The number of aryl methyl sites for hydroxylation is 1. The molecule has 2 aromatic rings. The van der Waals surface area contributed by atoms with Gasteiger partial charge in [-0.3, -0.25) is 4.90 Å². The lowest BCUT2D eigenvalue weighted by Gasteiger charge is -2.29. The minimum absolute atomic E-state index is 0. The van der Waals surface area contributed by atoms with Crippen LogP contribution in [0.2, 0.25) is 0 Å². The Morgan fingerprint density at radius 1 is 1.17 bits per heavy atom. The molecule has 1 aliphatic heterocycles. The van der Waals surface area contributed by atoms with Gasteiger partial charge >= 0.3 is 0 Å². The van der Waals surface area contributed by atoms with Crippen molar-refractivity contribution in [1.82, 2.24) is 30.3 Å². The summed E-state index contributed by atoms with van der Waals surface area (Å²) >= 11 is 0. The lowest BCUT2D eigenvalue weighted by Crippen LogP contribution is -2.42. The number of guanidine groups is 1. The number of likely N-dealkylation sites (tertiary alicyclic amines) is 1. The summed E-state index contributed by atoms with van der Waals surface area (Å²) in [6.45, 7) is 9.36. The fourth-order valence-corrected chi connectivity index (χ4v) is 3.69. The van der Waals surface area contributed by atoms with Gasteiger partial charge in [0.1, 0.15) is 18.6 Å². The van der Waals surface area contributed by atoms with Gasteiger partial charge in [0.15, 0.2) is 11.8 Å². The minimum Gasteiger partial charge on any atom is -0.497 e. The van der Waals surface area contributed by atoms with E-state index in [2.05, 4.69) is 51.7 Å². The SMILES string of the molecule is CCNC(=NCc1nncn1CC)NCC(c1ccc(OC)cc1)N1CCCC1.I. The van der Waals surface area contributed by atoms with Gasteiger partial charge in [0.25, 0.3) is 0 Å². The Hall–Kier alpha value is -1.88. The van der Waals surface area contributed by atoms with Crippen molar-refractivity contribution in [1.29, 1.82) is 0 Å². The van der Waals surface area contributed by atoms with Crippen LogP contribution in [0.1, 0.15) is 44.1 Å². The zero-order valence-corrected chi connectivity index (χ0v) is 20.5. The fraction of sp³-hybridized carbons (Fsp3) is 0.571. The van der Waals surface area contributed by atoms with E-state index in [9.17, 15) is 0 Å². The molecule has 0 spiro atoms. The molecule has 0 amide bonds. The normalized spacial score (nSPS) is 15.5. The lowest BCUT2D eigenvalue weighted by molar-refractivity contribution is 0.245. The first kappa shape index (κ1) is 24.4. The Kier molecular flexibility index (Phi) is 10.4. The fourth-order valence-electron chi connectivity index (χ4n) is 3.69. The minimum atomic E-state index is 0. The van der Waals surface area contributed by atoms with Gasteiger partial charge in [-0.2, -0.15) is 0 Å². The number of ether oxygens (including phenoxy) is 1. The van der Waals surface area contributed by atoms with Crippen molar-refractivity contribution < 1.29 is 4.74 Å². The Balaban J connectivity index is 0.00000320. The molecule has 1 unspecified atom stereocenters. The average Bonchev–Trinajstić information content (AvgIpc) is 3.44. The summed E-state index contributed by atoms with van der Waals surface area (Å²) in [4.78, 5) is 7.26. The van der Waals surface area contributed by atoms with Gasteiger partial charge in [-0.25, -0.2) is 4.99 Å². The van der Waals surface area contributed by atoms with Crippen LogP contribution in [0.15, 0.2) is 35.6 Å². The molecule has 1 saturated heterocycles. The highest BCUT2D eigenvalue weighted by molar-refractivity contribution is 14.0. The van der Waals surface area contributed by atoms with Crippen LogP contribution in [-0.4, -0.2) is 58.9 Å². The van der Waals surface area contributed by atoms with E-state index in [1.165, 1.54) is 18.4 Å². The maximum absolute atomic E-state index is 5.32. The number of nitrogens with zero attached hydrogens (tertiary/aromatic N) is 5. The molecule has 30 heavy (non-hydrogen) atoms. The molecular formula is C21H34IN7O. The number of aromatic nitrogens is 3.